The molecule has 1 aromatic heterocycles. The van der Waals surface area contributed by atoms with Gasteiger partial charge < -0.3 is 20.0 Å². The van der Waals surface area contributed by atoms with E-state index >= 15 is 0 Å². The lowest BCUT2D eigenvalue weighted by atomic mass is 9.93. The maximum atomic E-state index is 12.5. The molecule has 150 valence electrons. The van der Waals surface area contributed by atoms with Gasteiger partial charge >= 0.3 is 0 Å². The summed E-state index contributed by atoms with van der Waals surface area (Å²) in [6.45, 7) is 8.83. The number of carbonyl (C=O) groups excluding carboxylic acids is 1. The summed E-state index contributed by atoms with van der Waals surface area (Å²) in [5, 5.41) is 3.33. The zero-order chi connectivity index (χ0) is 19.1. The van der Waals surface area contributed by atoms with Crippen molar-refractivity contribution in [2.24, 2.45) is 5.92 Å². The van der Waals surface area contributed by atoms with Gasteiger partial charge in [-0.2, -0.15) is 0 Å². The highest BCUT2D eigenvalue weighted by molar-refractivity contribution is 5.76. The van der Waals surface area contributed by atoms with Crippen LogP contribution < -0.4 is 10.2 Å². The van der Waals surface area contributed by atoms with E-state index in [0.29, 0.717) is 18.2 Å². The van der Waals surface area contributed by atoms with Crippen molar-refractivity contribution >= 4 is 17.5 Å². The van der Waals surface area contributed by atoms with Crippen molar-refractivity contribution in [3.63, 3.8) is 0 Å². The van der Waals surface area contributed by atoms with Crippen LogP contribution >= 0.6 is 0 Å². The highest BCUT2D eigenvalue weighted by Crippen LogP contribution is 2.25. The molecular formula is C20H34N6O. The first kappa shape index (κ1) is 19.9. The Morgan fingerprint density at radius 3 is 2.81 bits per heavy atom. The highest BCUT2D eigenvalue weighted by Gasteiger charge is 2.24. The Hall–Kier alpha value is -1.89. The lowest BCUT2D eigenvalue weighted by Gasteiger charge is -2.35. The summed E-state index contributed by atoms with van der Waals surface area (Å²) in [5.74, 6) is 2.79. The minimum Gasteiger partial charge on any atom is -0.370 e. The van der Waals surface area contributed by atoms with Crippen molar-refractivity contribution < 1.29 is 4.79 Å². The molecule has 7 nitrogen and oxygen atoms in total. The molecule has 1 aromatic rings. The molecule has 2 saturated heterocycles. The van der Waals surface area contributed by atoms with E-state index in [4.69, 9.17) is 0 Å². The molecule has 3 rings (SSSR count). The number of piperidine rings is 1. The van der Waals surface area contributed by atoms with E-state index in [1.165, 1.54) is 6.42 Å². The molecule has 27 heavy (non-hydrogen) atoms. The number of amides is 1. The summed E-state index contributed by atoms with van der Waals surface area (Å²) in [4.78, 5) is 28.0. The van der Waals surface area contributed by atoms with Gasteiger partial charge in [-0.3, -0.25) is 4.79 Å². The molecule has 7 heteroatoms. The smallest absolute Gasteiger partial charge is 0.222 e. The van der Waals surface area contributed by atoms with Gasteiger partial charge in [-0.15, -0.1) is 0 Å². The largest absolute Gasteiger partial charge is 0.370 e. The summed E-state index contributed by atoms with van der Waals surface area (Å²) in [7, 11) is 2.12. The van der Waals surface area contributed by atoms with E-state index in [-0.39, 0.29) is 0 Å². The number of hydrogen-bond acceptors (Lipinski definition) is 6. The van der Waals surface area contributed by atoms with Crippen LogP contribution in [-0.2, 0) is 4.79 Å². The molecule has 2 aliphatic heterocycles. The van der Waals surface area contributed by atoms with Crippen molar-refractivity contribution in [2.75, 3.05) is 63.1 Å². The van der Waals surface area contributed by atoms with Crippen LogP contribution in [0, 0.1) is 5.92 Å². The fourth-order valence-electron chi connectivity index (χ4n) is 3.92. The second-order valence-electron chi connectivity index (χ2n) is 7.87. The van der Waals surface area contributed by atoms with E-state index in [9.17, 15) is 4.79 Å². The number of rotatable bonds is 7. The number of aromatic nitrogens is 2. The second kappa shape index (κ2) is 9.88. The number of anilines is 2. The number of piperazine rings is 1. The number of nitrogens with one attached hydrogen (secondary N) is 1. The molecule has 0 spiro atoms. The molecule has 3 heterocycles. The first-order chi connectivity index (χ1) is 13.2. The maximum Gasteiger partial charge on any atom is 0.222 e. The van der Waals surface area contributed by atoms with Crippen LogP contribution in [0.15, 0.2) is 12.4 Å². The normalized spacial score (nSPS) is 21.3. The number of nitrogens with zero attached hydrogens (tertiary/aromatic N) is 5. The van der Waals surface area contributed by atoms with Crippen molar-refractivity contribution in [3.05, 3.63) is 12.4 Å². The van der Waals surface area contributed by atoms with Gasteiger partial charge in [0.2, 0.25) is 5.91 Å². The molecule has 1 amide bonds. The van der Waals surface area contributed by atoms with Crippen molar-refractivity contribution in [1.29, 1.82) is 0 Å². The van der Waals surface area contributed by atoms with Gasteiger partial charge in [-0.25, -0.2) is 9.97 Å². The van der Waals surface area contributed by atoms with Crippen LogP contribution in [0.1, 0.15) is 39.0 Å². The summed E-state index contributed by atoms with van der Waals surface area (Å²) in [5.41, 5.74) is 0. The average molecular weight is 375 g/mol. The van der Waals surface area contributed by atoms with Gasteiger partial charge in [-0.1, -0.05) is 6.92 Å². The minimum atomic E-state index is 0.327. The van der Waals surface area contributed by atoms with Gasteiger partial charge in [0, 0.05) is 58.3 Å². The third kappa shape index (κ3) is 5.79. The Kier molecular flexibility index (Phi) is 7.26. The first-order valence-electron chi connectivity index (χ1n) is 10.4. The Labute approximate surface area is 163 Å². The molecule has 0 saturated carbocycles. The highest BCUT2D eigenvalue weighted by atomic mass is 16.2. The number of carbonyl (C=O) groups is 1. The Morgan fingerprint density at radius 2 is 2.04 bits per heavy atom. The van der Waals surface area contributed by atoms with Crippen molar-refractivity contribution in [1.82, 2.24) is 19.8 Å². The molecular weight excluding hydrogens is 340 g/mol. The SMILES string of the molecule is CCCNc1cc(N2CCCC(CCC(=O)N3CCN(C)CC3)C2)ncn1. The lowest BCUT2D eigenvalue weighted by molar-refractivity contribution is -0.133. The summed E-state index contributed by atoms with van der Waals surface area (Å²) < 4.78 is 0. The zero-order valence-electron chi connectivity index (χ0n) is 16.9. The van der Waals surface area contributed by atoms with Gasteiger partial charge in [-0.05, 0) is 38.6 Å². The maximum absolute atomic E-state index is 12.5. The molecule has 0 radical (unpaired) electrons. The molecule has 0 aliphatic carbocycles. The molecule has 0 bridgehead atoms. The molecule has 1 atom stereocenters. The fourth-order valence-corrected chi connectivity index (χ4v) is 3.92. The van der Waals surface area contributed by atoms with E-state index in [1.54, 1.807) is 6.33 Å². The average Bonchev–Trinajstić information content (AvgIpc) is 2.71. The van der Waals surface area contributed by atoms with Crippen LogP contribution in [-0.4, -0.2) is 78.5 Å². The Bertz CT molecular complexity index is 602. The van der Waals surface area contributed by atoms with Gasteiger partial charge in [0.1, 0.15) is 18.0 Å². The predicted molar refractivity (Wildman–Crippen MR) is 109 cm³/mol. The zero-order valence-corrected chi connectivity index (χ0v) is 16.9. The van der Waals surface area contributed by atoms with E-state index < -0.39 is 0 Å². The first-order valence-corrected chi connectivity index (χ1v) is 10.4. The van der Waals surface area contributed by atoms with Gasteiger partial charge in [0.25, 0.3) is 0 Å². The van der Waals surface area contributed by atoms with Crippen LogP contribution in [0.3, 0.4) is 0 Å². The van der Waals surface area contributed by atoms with E-state index in [1.807, 2.05) is 11.0 Å². The molecule has 1 unspecified atom stereocenters. The number of likely N-dealkylation sites (N-methyl/N-ethyl adjacent to an activating group) is 1. The Balaban J connectivity index is 1.48. The van der Waals surface area contributed by atoms with Crippen molar-refractivity contribution in [2.45, 2.75) is 39.0 Å². The summed E-state index contributed by atoms with van der Waals surface area (Å²) in [6.07, 6.45) is 6.75. The second-order valence-corrected chi connectivity index (χ2v) is 7.87. The van der Waals surface area contributed by atoms with Gasteiger partial charge in [0.15, 0.2) is 0 Å². The number of hydrogen-bond donors (Lipinski definition) is 1. The molecule has 0 aromatic carbocycles. The Morgan fingerprint density at radius 1 is 1.22 bits per heavy atom. The fraction of sp³-hybridized carbons (Fsp3) is 0.750. The topological polar surface area (TPSA) is 64.6 Å². The van der Waals surface area contributed by atoms with E-state index in [2.05, 4.69) is 39.1 Å². The molecule has 2 aliphatic rings. The standard InChI is InChI=1S/C20H34N6O/c1-3-8-21-18-14-19(23-16-22-18)26-9-4-5-17(15-26)6-7-20(27)25-12-10-24(2)11-13-25/h14,16-17H,3-13,15H2,1-2H3,(H,21,22,23). The van der Waals surface area contributed by atoms with Crippen LogP contribution in [0.2, 0.25) is 0 Å². The lowest BCUT2D eigenvalue weighted by Crippen LogP contribution is -2.47. The predicted octanol–water partition coefficient (Wildman–Crippen LogP) is 2.07. The summed E-state index contributed by atoms with van der Waals surface area (Å²) in [6, 6.07) is 2.05. The summed E-state index contributed by atoms with van der Waals surface area (Å²) >= 11 is 0. The van der Waals surface area contributed by atoms with E-state index in [0.717, 1.165) is 76.7 Å². The quantitative estimate of drug-likeness (QED) is 0.788. The van der Waals surface area contributed by atoms with Crippen LogP contribution in [0.4, 0.5) is 11.6 Å². The monoisotopic (exact) mass is 374 g/mol. The third-order valence-electron chi connectivity index (χ3n) is 5.67. The van der Waals surface area contributed by atoms with Crippen LogP contribution in [0.25, 0.3) is 0 Å². The molecule has 1 N–H and O–H groups in total. The molecule has 2 fully saturated rings. The van der Waals surface area contributed by atoms with Crippen LogP contribution in [0.5, 0.6) is 0 Å². The minimum absolute atomic E-state index is 0.327. The third-order valence-corrected chi connectivity index (χ3v) is 5.67. The van der Waals surface area contributed by atoms with Gasteiger partial charge in [0.05, 0.1) is 0 Å². The van der Waals surface area contributed by atoms with Crippen molar-refractivity contribution in [3.8, 4) is 0 Å².